The van der Waals surface area contributed by atoms with Gasteiger partial charge in [0, 0.05) is 10.4 Å². The first kappa shape index (κ1) is 22.4. The summed E-state index contributed by atoms with van der Waals surface area (Å²) in [5.74, 6) is 0. The van der Waals surface area contributed by atoms with Crippen LogP contribution in [0.1, 0.15) is 1.43 Å². The van der Waals surface area contributed by atoms with Crippen LogP contribution in [0.15, 0.2) is 0 Å². The van der Waals surface area contributed by atoms with E-state index in [1.807, 2.05) is 0 Å². The van der Waals surface area contributed by atoms with Crippen molar-refractivity contribution < 1.29 is 108 Å². The largest absolute Gasteiger partial charge is 1.00 e. The van der Waals surface area contributed by atoms with Crippen molar-refractivity contribution in [2.75, 3.05) is 0 Å². The summed E-state index contributed by atoms with van der Waals surface area (Å²) in [6.45, 7) is 0. The van der Waals surface area contributed by atoms with Gasteiger partial charge in [0.25, 0.3) is 0 Å². The first-order chi connectivity index (χ1) is 2.00. The van der Waals surface area contributed by atoms with E-state index in [0.717, 1.165) is 0 Å². The number of rotatable bonds is 0. The molecule has 0 amide bonds. The molecule has 0 fully saturated rings. The van der Waals surface area contributed by atoms with E-state index in [0.29, 0.717) is 0 Å². The Morgan fingerprint density at radius 1 is 1.00 bits per heavy atom. The summed E-state index contributed by atoms with van der Waals surface area (Å²) in [5, 5.41) is 0. The maximum absolute atomic E-state index is 8.52. The molecule has 0 N–H and O–H groups in total. The van der Waals surface area contributed by atoms with Crippen LogP contribution in [0.4, 0.5) is 0 Å². The molecule has 0 rings (SSSR count). The monoisotopic (exact) mass is 166 g/mol. The molecule has 0 aromatic rings. The maximum Gasteiger partial charge on any atom is 1.00 e. The minimum Gasteiger partial charge on any atom is -1.00 e. The van der Waals surface area contributed by atoms with Crippen molar-refractivity contribution in [2.45, 2.75) is 0 Å². The van der Waals surface area contributed by atoms with Crippen LogP contribution in [-0.2, 0) is 10.4 Å². The Morgan fingerprint density at radius 2 is 1.00 bits per heavy atom. The average Bonchev–Trinajstić information content (AvgIpc) is 0.722. The molecule has 0 aliphatic rings. The van der Waals surface area contributed by atoms with E-state index in [9.17, 15) is 0 Å². The van der Waals surface area contributed by atoms with Crippen molar-refractivity contribution in [3.05, 3.63) is 0 Å². The Bertz CT molecular complexity index is 99.0. The molecule has 0 saturated heterocycles. The predicted octanol–water partition coefficient (Wildman–Crippen LogP) is -10.2. The van der Waals surface area contributed by atoms with Gasteiger partial charge in [0.1, 0.15) is 0 Å². The van der Waals surface area contributed by atoms with E-state index in [1.54, 1.807) is 0 Å². The smallest absolute Gasteiger partial charge is 1.00 e. The average molecular weight is 166 g/mol. The van der Waals surface area contributed by atoms with Gasteiger partial charge in [0.15, 0.2) is 0 Å². The van der Waals surface area contributed by atoms with Crippen molar-refractivity contribution >= 4 is 10.4 Å². The quantitative estimate of drug-likeness (QED) is 0.203. The molecule has 0 aromatic carbocycles. The molecule has 0 aliphatic carbocycles. The molecule has 0 radical (unpaired) electrons. The van der Waals surface area contributed by atoms with Gasteiger partial charge in [0.05, 0.1) is 0 Å². The minimum atomic E-state index is -5.17. The summed E-state index contributed by atoms with van der Waals surface area (Å²) < 4.78 is 34.1. The molecule has 0 unspecified atom stereocenters. The van der Waals surface area contributed by atoms with Gasteiger partial charge in [-0.1, -0.05) is 0 Å². The Balaban J connectivity index is -0.0000000133. The molecule has 0 spiro atoms. The molecule has 34 valence electrons. The van der Waals surface area contributed by atoms with Gasteiger partial charge in [-0.2, -0.15) is 0 Å². The van der Waals surface area contributed by atoms with E-state index in [-0.39, 0.29) is 90.1 Å². The zero-order valence-electron chi connectivity index (χ0n) is 6.04. The molecular weight excluding hydrogens is 165 g/mol. The van der Waals surface area contributed by atoms with Gasteiger partial charge in [-0.25, -0.2) is 0 Å². The van der Waals surface area contributed by atoms with Crippen molar-refractivity contribution in [1.82, 2.24) is 0 Å². The Morgan fingerprint density at radius 3 is 1.00 bits per heavy atom. The van der Waals surface area contributed by atoms with Crippen LogP contribution in [-0.4, -0.2) is 17.5 Å². The second-order valence-electron chi connectivity index (χ2n) is 0.408. The normalized spacial score (nSPS) is 7.25. The summed E-state index contributed by atoms with van der Waals surface area (Å²) in [6.07, 6.45) is 0. The first-order valence-electron chi connectivity index (χ1n) is 0.667. The predicted molar refractivity (Wildman–Crippen MR) is 11.6 cm³/mol. The second kappa shape index (κ2) is 9.87. The van der Waals surface area contributed by atoms with Gasteiger partial charge in [-0.3, -0.25) is 8.42 Å². The van der Waals surface area contributed by atoms with Crippen LogP contribution in [0.3, 0.4) is 0 Å². The van der Waals surface area contributed by atoms with Gasteiger partial charge in [-0.15, -0.1) is 0 Å². The molecule has 8 heteroatoms. The zero-order valence-corrected chi connectivity index (χ0v) is 11.9. The van der Waals surface area contributed by atoms with E-state index >= 15 is 0 Å². The number of hydrogen-bond donors (Lipinski definition) is 0. The van der Waals surface area contributed by atoms with Crippen LogP contribution < -0.4 is 88.7 Å². The minimum absolute atomic E-state index is 0. The van der Waals surface area contributed by atoms with Crippen LogP contribution in [0.25, 0.3) is 0 Å². The molecule has 0 heterocycles. The molecule has 4 nitrogen and oxygen atoms in total. The molecule has 8 heavy (non-hydrogen) atoms. The molecule has 0 aromatic heterocycles. The summed E-state index contributed by atoms with van der Waals surface area (Å²) in [6, 6.07) is 0. The van der Waals surface area contributed by atoms with E-state index in [4.69, 9.17) is 17.5 Å². The summed E-state index contributed by atoms with van der Waals surface area (Å²) in [7, 11) is -5.17. The van der Waals surface area contributed by atoms with Gasteiger partial charge >= 0.3 is 88.7 Å². The van der Waals surface area contributed by atoms with Crippen LogP contribution in [0.5, 0.6) is 0 Å². The standard InChI is InChI=1S/3Na.H2O4S.H/c;;;1-5(2,3)4;/h;;;(H2,1,2,3,4);/q3*+1;;-1/p-2. The third-order valence-corrected chi connectivity index (χ3v) is 0. The molecular formula is HNa3O4S. The Labute approximate surface area is 116 Å². The molecule has 0 atom stereocenters. The van der Waals surface area contributed by atoms with Gasteiger partial charge < -0.3 is 10.5 Å². The topological polar surface area (TPSA) is 80.3 Å². The summed E-state index contributed by atoms with van der Waals surface area (Å²) in [5.41, 5.74) is 0. The second-order valence-corrected chi connectivity index (χ2v) is 1.22. The third kappa shape index (κ3) is 66.7. The first-order valence-corrected chi connectivity index (χ1v) is 2.00. The fourth-order valence-electron chi connectivity index (χ4n) is 0. The zero-order chi connectivity index (χ0) is 4.50. The maximum atomic E-state index is 8.52. The van der Waals surface area contributed by atoms with Crippen LogP contribution in [0.2, 0.25) is 0 Å². The van der Waals surface area contributed by atoms with Crippen molar-refractivity contribution in [2.24, 2.45) is 0 Å². The van der Waals surface area contributed by atoms with Crippen molar-refractivity contribution in [3.8, 4) is 0 Å². The van der Waals surface area contributed by atoms with E-state index in [2.05, 4.69) is 0 Å². The molecule has 0 saturated carbocycles. The molecule has 0 aliphatic heterocycles. The van der Waals surface area contributed by atoms with E-state index < -0.39 is 10.4 Å². The summed E-state index contributed by atoms with van der Waals surface area (Å²) in [4.78, 5) is 0. The van der Waals surface area contributed by atoms with Crippen molar-refractivity contribution in [3.63, 3.8) is 0 Å². The van der Waals surface area contributed by atoms with Crippen LogP contribution in [0, 0.1) is 0 Å². The Hall–Kier alpha value is 2.87. The summed E-state index contributed by atoms with van der Waals surface area (Å²) >= 11 is 0. The fourth-order valence-corrected chi connectivity index (χ4v) is 0. The third-order valence-electron chi connectivity index (χ3n) is 0. The fraction of sp³-hybridized carbons (Fsp3) is 0. The molecule has 0 bridgehead atoms. The van der Waals surface area contributed by atoms with Crippen molar-refractivity contribution in [1.29, 1.82) is 0 Å². The SMILES string of the molecule is O=S(=O)([O-])[O-].[H-].[Na+].[Na+].[Na+]. The number of hydrogen-bond acceptors (Lipinski definition) is 4. The van der Waals surface area contributed by atoms with Gasteiger partial charge in [-0.05, 0) is 0 Å². The van der Waals surface area contributed by atoms with E-state index in [1.165, 1.54) is 0 Å². The Kier molecular flexibility index (Phi) is 27.7. The van der Waals surface area contributed by atoms with Crippen LogP contribution >= 0.6 is 0 Å². The van der Waals surface area contributed by atoms with Gasteiger partial charge in [0.2, 0.25) is 0 Å².